The molecule has 1 aliphatic heterocycles. The molecule has 13 heteroatoms. The number of nitrogens with zero attached hydrogens (tertiary/aromatic N) is 1. The van der Waals surface area contributed by atoms with Crippen LogP contribution in [0.4, 0.5) is 10.5 Å². The molecule has 6 N–H and O–H groups in total. The SMILES string of the molecule is CC(C)(C)OC(=O)N(CCCCCCCNC(=O)c1ccccc1)CCC(=O)Nc1ccc(O[C@H]2O[C@H](CO)[C@@H](O)[C@H](O)[C@H]2O)cc1. The number of anilines is 1. The van der Waals surface area contributed by atoms with Crippen molar-refractivity contribution < 1.29 is 49.0 Å². The fourth-order valence-corrected chi connectivity index (χ4v) is 4.85. The van der Waals surface area contributed by atoms with Gasteiger partial charge >= 0.3 is 6.09 Å². The van der Waals surface area contributed by atoms with Crippen LogP contribution in [0.2, 0.25) is 0 Å². The molecule has 0 unspecified atom stereocenters. The first-order valence-electron chi connectivity index (χ1n) is 16.1. The zero-order valence-corrected chi connectivity index (χ0v) is 27.3. The van der Waals surface area contributed by atoms with Crippen LogP contribution in [0.15, 0.2) is 54.6 Å². The van der Waals surface area contributed by atoms with Crippen LogP contribution in [0.1, 0.15) is 69.7 Å². The third-order valence-corrected chi connectivity index (χ3v) is 7.43. The molecule has 1 heterocycles. The van der Waals surface area contributed by atoms with Gasteiger partial charge in [0.2, 0.25) is 12.2 Å². The number of nitrogens with one attached hydrogen (secondary N) is 2. The highest BCUT2D eigenvalue weighted by Gasteiger charge is 2.44. The maximum atomic E-state index is 12.9. The van der Waals surface area contributed by atoms with Crippen LogP contribution in [0, 0.1) is 0 Å². The van der Waals surface area contributed by atoms with Gasteiger partial charge in [-0.15, -0.1) is 0 Å². The summed E-state index contributed by atoms with van der Waals surface area (Å²) in [5.41, 5.74) is 0.433. The molecule has 1 saturated heterocycles. The first-order chi connectivity index (χ1) is 22.4. The van der Waals surface area contributed by atoms with Gasteiger partial charge in [-0.3, -0.25) is 9.59 Å². The Balaban J connectivity index is 1.40. The van der Waals surface area contributed by atoms with E-state index in [0.717, 1.165) is 32.1 Å². The van der Waals surface area contributed by atoms with E-state index < -0.39 is 49.0 Å². The van der Waals surface area contributed by atoms with Crippen molar-refractivity contribution in [1.29, 1.82) is 0 Å². The highest BCUT2D eigenvalue weighted by Crippen LogP contribution is 2.25. The van der Waals surface area contributed by atoms with E-state index in [0.29, 0.717) is 24.3 Å². The van der Waals surface area contributed by atoms with Crippen LogP contribution in [0.3, 0.4) is 0 Å². The molecule has 260 valence electrons. The van der Waals surface area contributed by atoms with Crippen LogP contribution < -0.4 is 15.4 Å². The van der Waals surface area contributed by atoms with Gasteiger partial charge in [-0.1, -0.05) is 37.5 Å². The number of unbranched alkanes of at least 4 members (excludes halogenated alkanes) is 4. The summed E-state index contributed by atoms with van der Waals surface area (Å²) in [6.45, 7) is 6.01. The van der Waals surface area contributed by atoms with Crippen molar-refractivity contribution in [2.75, 3.05) is 31.6 Å². The van der Waals surface area contributed by atoms with Crippen LogP contribution in [-0.2, 0) is 14.3 Å². The summed E-state index contributed by atoms with van der Waals surface area (Å²) in [4.78, 5) is 39.3. The summed E-state index contributed by atoms with van der Waals surface area (Å²) >= 11 is 0. The zero-order chi connectivity index (χ0) is 34.4. The Kier molecular flexibility index (Phi) is 14.9. The lowest BCUT2D eigenvalue weighted by Crippen LogP contribution is -2.60. The van der Waals surface area contributed by atoms with E-state index in [4.69, 9.17) is 14.2 Å². The number of aliphatic hydroxyl groups excluding tert-OH is 4. The standard InChI is InChI=1S/C34H49N3O10/c1-34(2,3)47-33(44)37(20-11-6-4-5-10-19-35-31(43)23-12-8-7-9-13-23)21-18-27(39)36-24-14-16-25(17-15-24)45-32-30(42)29(41)28(40)26(22-38)46-32/h7-9,12-17,26,28-30,32,38,40-42H,4-6,10-11,18-22H2,1-3H3,(H,35,43)(H,36,39)/t26-,28-,29+,30-,32+/m1/s1. The minimum Gasteiger partial charge on any atom is -0.462 e. The zero-order valence-electron chi connectivity index (χ0n) is 27.3. The number of carbonyl (C=O) groups is 3. The summed E-state index contributed by atoms with van der Waals surface area (Å²) in [6, 6.07) is 15.3. The fraction of sp³-hybridized carbons (Fsp3) is 0.559. The molecule has 1 aliphatic rings. The largest absolute Gasteiger partial charge is 0.462 e. The number of amides is 3. The second kappa shape index (κ2) is 18.6. The lowest BCUT2D eigenvalue weighted by atomic mass is 9.99. The smallest absolute Gasteiger partial charge is 0.410 e. The van der Waals surface area contributed by atoms with E-state index in [2.05, 4.69) is 10.6 Å². The monoisotopic (exact) mass is 659 g/mol. The lowest BCUT2D eigenvalue weighted by molar-refractivity contribution is -0.277. The topological polar surface area (TPSA) is 187 Å². The number of hydrogen-bond donors (Lipinski definition) is 6. The van der Waals surface area contributed by atoms with Gasteiger partial charge in [0.25, 0.3) is 5.91 Å². The van der Waals surface area contributed by atoms with Gasteiger partial charge in [0.05, 0.1) is 6.61 Å². The molecule has 3 amide bonds. The van der Waals surface area contributed by atoms with Crippen molar-refractivity contribution in [3.8, 4) is 5.75 Å². The van der Waals surface area contributed by atoms with E-state index in [1.807, 2.05) is 18.2 Å². The highest BCUT2D eigenvalue weighted by atomic mass is 16.7. The van der Waals surface area contributed by atoms with Gasteiger partial charge in [0, 0.05) is 37.3 Å². The minimum atomic E-state index is -1.56. The van der Waals surface area contributed by atoms with Crippen molar-refractivity contribution in [2.24, 2.45) is 0 Å². The third-order valence-electron chi connectivity index (χ3n) is 7.43. The summed E-state index contributed by atoms with van der Waals surface area (Å²) in [7, 11) is 0. The van der Waals surface area contributed by atoms with Crippen LogP contribution >= 0.6 is 0 Å². The Bertz CT molecular complexity index is 1250. The maximum Gasteiger partial charge on any atom is 0.410 e. The van der Waals surface area contributed by atoms with Crippen molar-refractivity contribution >= 4 is 23.6 Å². The van der Waals surface area contributed by atoms with Gasteiger partial charge in [0.1, 0.15) is 35.8 Å². The van der Waals surface area contributed by atoms with Gasteiger partial charge in [-0.25, -0.2) is 4.79 Å². The fourth-order valence-electron chi connectivity index (χ4n) is 4.85. The van der Waals surface area contributed by atoms with E-state index in [1.54, 1.807) is 49.9 Å². The number of rotatable bonds is 16. The summed E-state index contributed by atoms with van der Waals surface area (Å²) in [6.07, 6.45) is -3.08. The summed E-state index contributed by atoms with van der Waals surface area (Å²) in [5.74, 6) is -0.125. The molecule has 2 aromatic carbocycles. The van der Waals surface area contributed by atoms with E-state index >= 15 is 0 Å². The molecular weight excluding hydrogens is 610 g/mol. The molecule has 5 atom stereocenters. The summed E-state index contributed by atoms with van der Waals surface area (Å²) < 4.78 is 16.5. The third kappa shape index (κ3) is 12.8. The Morgan fingerprint density at radius 2 is 1.51 bits per heavy atom. The van der Waals surface area contributed by atoms with Crippen molar-refractivity contribution in [2.45, 2.75) is 95.6 Å². The quantitative estimate of drug-likeness (QED) is 0.146. The minimum absolute atomic E-state index is 0.0451. The molecule has 1 fully saturated rings. The van der Waals surface area contributed by atoms with Gasteiger partial charge < -0.3 is 50.2 Å². The Hall–Kier alpha value is -3.75. The normalized spacial score (nSPS) is 21.0. The highest BCUT2D eigenvalue weighted by molar-refractivity contribution is 5.94. The van der Waals surface area contributed by atoms with Gasteiger partial charge in [-0.05, 0) is 70.0 Å². The maximum absolute atomic E-state index is 12.9. The first-order valence-corrected chi connectivity index (χ1v) is 16.1. The van der Waals surface area contributed by atoms with E-state index in [-0.39, 0.29) is 30.5 Å². The molecule has 47 heavy (non-hydrogen) atoms. The molecular formula is C34H49N3O10. The molecule has 13 nitrogen and oxygen atoms in total. The molecule has 0 aliphatic carbocycles. The molecule has 0 saturated carbocycles. The number of benzene rings is 2. The Morgan fingerprint density at radius 3 is 2.17 bits per heavy atom. The average molecular weight is 660 g/mol. The molecule has 0 bridgehead atoms. The van der Waals surface area contributed by atoms with Crippen LogP contribution in [0.25, 0.3) is 0 Å². The molecule has 0 aromatic heterocycles. The predicted molar refractivity (Wildman–Crippen MR) is 174 cm³/mol. The average Bonchev–Trinajstić information content (AvgIpc) is 3.04. The van der Waals surface area contributed by atoms with E-state index in [1.165, 1.54) is 12.1 Å². The Labute approximate surface area is 275 Å². The molecule has 3 rings (SSSR count). The van der Waals surface area contributed by atoms with Crippen molar-refractivity contribution in [1.82, 2.24) is 10.2 Å². The summed E-state index contributed by atoms with van der Waals surface area (Å²) in [5, 5.41) is 45.1. The first kappa shape index (κ1) is 37.7. The number of aliphatic hydroxyl groups is 4. The molecule has 0 spiro atoms. The second-order valence-electron chi connectivity index (χ2n) is 12.5. The van der Waals surface area contributed by atoms with Crippen LogP contribution in [0.5, 0.6) is 5.75 Å². The van der Waals surface area contributed by atoms with Gasteiger partial charge in [-0.2, -0.15) is 0 Å². The number of ether oxygens (including phenoxy) is 3. The molecule has 2 aromatic rings. The van der Waals surface area contributed by atoms with Crippen LogP contribution in [-0.4, -0.2) is 106 Å². The second-order valence-corrected chi connectivity index (χ2v) is 12.5. The van der Waals surface area contributed by atoms with Crippen molar-refractivity contribution in [3.05, 3.63) is 60.2 Å². The van der Waals surface area contributed by atoms with E-state index in [9.17, 15) is 34.8 Å². The Morgan fingerprint density at radius 1 is 0.851 bits per heavy atom. The lowest BCUT2D eigenvalue weighted by Gasteiger charge is -2.39. The predicted octanol–water partition coefficient (Wildman–Crippen LogP) is 2.81. The number of hydrogen-bond acceptors (Lipinski definition) is 10. The van der Waals surface area contributed by atoms with Gasteiger partial charge in [0.15, 0.2) is 0 Å². The van der Waals surface area contributed by atoms with Crippen molar-refractivity contribution in [3.63, 3.8) is 0 Å². The molecule has 0 radical (unpaired) electrons. The number of carbonyl (C=O) groups excluding carboxylic acids is 3.